The number of nitrogens with two attached hydrogens (primary N) is 1. The molecule has 1 fully saturated rings. The Bertz CT molecular complexity index is 440. The highest BCUT2D eigenvalue weighted by Crippen LogP contribution is 2.48. The van der Waals surface area contributed by atoms with Gasteiger partial charge in [0.15, 0.2) is 5.75 Å². The van der Waals surface area contributed by atoms with Crippen LogP contribution in [0.1, 0.15) is 58.6 Å². The molecule has 1 heterocycles. The Morgan fingerprint density at radius 2 is 2.10 bits per heavy atom. The van der Waals surface area contributed by atoms with Crippen LogP contribution in [0.25, 0.3) is 0 Å². The first-order valence-corrected chi connectivity index (χ1v) is 8.22. The monoisotopic (exact) mass is 293 g/mol. The molecule has 4 heteroatoms. The van der Waals surface area contributed by atoms with Crippen molar-refractivity contribution in [2.45, 2.75) is 59.4 Å². The quantitative estimate of drug-likeness (QED) is 0.925. The first-order valence-electron chi connectivity index (χ1n) is 8.22. The Hall–Kier alpha value is -1.03. The summed E-state index contributed by atoms with van der Waals surface area (Å²) in [6.07, 6.45) is 5.53. The van der Waals surface area contributed by atoms with E-state index in [1.54, 1.807) is 7.11 Å². The summed E-state index contributed by atoms with van der Waals surface area (Å²) < 4.78 is 7.67. The highest BCUT2D eigenvalue weighted by atomic mass is 16.5. The smallest absolute Gasteiger partial charge is 0.160 e. The molecule has 3 atom stereocenters. The third kappa shape index (κ3) is 3.25. The summed E-state index contributed by atoms with van der Waals surface area (Å²) in [6, 6.07) is 0. The maximum Gasteiger partial charge on any atom is 0.160 e. The second-order valence-electron chi connectivity index (χ2n) is 7.39. The number of ether oxygens (including phenoxy) is 1. The van der Waals surface area contributed by atoms with E-state index < -0.39 is 0 Å². The Kier molecular flexibility index (Phi) is 4.97. The first-order chi connectivity index (χ1) is 9.92. The molecule has 0 radical (unpaired) electrons. The van der Waals surface area contributed by atoms with Gasteiger partial charge in [-0.05, 0) is 50.0 Å². The van der Waals surface area contributed by atoms with Gasteiger partial charge in [-0.2, -0.15) is 5.10 Å². The summed E-state index contributed by atoms with van der Waals surface area (Å²) in [5.41, 5.74) is 7.67. The minimum Gasteiger partial charge on any atom is -0.493 e. The van der Waals surface area contributed by atoms with E-state index in [1.807, 2.05) is 6.20 Å². The van der Waals surface area contributed by atoms with Crippen LogP contribution in [0.2, 0.25) is 0 Å². The van der Waals surface area contributed by atoms with Crippen molar-refractivity contribution in [2.24, 2.45) is 23.0 Å². The van der Waals surface area contributed by atoms with Crippen LogP contribution < -0.4 is 10.5 Å². The number of hydrogen-bond donors (Lipinski definition) is 1. The molecule has 0 bridgehead atoms. The number of nitrogens with zero attached hydrogens (tertiary/aromatic N) is 2. The van der Waals surface area contributed by atoms with Gasteiger partial charge in [-0.1, -0.05) is 20.8 Å². The predicted octanol–water partition coefficient (Wildman–Crippen LogP) is 3.42. The van der Waals surface area contributed by atoms with Crippen molar-refractivity contribution in [1.82, 2.24) is 9.78 Å². The van der Waals surface area contributed by atoms with E-state index in [1.165, 1.54) is 25.0 Å². The highest BCUT2D eigenvalue weighted by molar-refractivity contribution is 5.30. The lowest BCUT2D eigenvalue weighted by molar-refractivity contribution is 0.128. The van der Waals surface area contributed by atoms with E-state index in [4.69, 9.17) is 10.5 Å². The molecule has 0 saturated heterocycles. The standard InChI is InChI=1S/C17H31N3O/c1-6-20-16(15(21-5)11-19-20)14-9-13(17(2,3)4)8-7-12(14)10-18/h11-14H,6-10,18H2,1-5H3. The molecular weight excluding hydrogens is 262 g/mol. The number of aromatic nitrogens is 2. The van der Waals surface area contributed by atoms with Crippen LogP contribution in [0.15, 0.2) is 6.20 Å². The van der Waals surface area contributed by atoms with Gasteiger partial charge in [-0.25, -0.2) is 0 Å². The lowest BCUT2D eigenvalue weighted by Crippen LogP contribution is -2.35. The Morgan fingerprint density at radius 1 is 1.38 bits per heavy atom. The maximum absolute atomic E-state index is 6.07. The molecule has 1 saturated carbocycles. The van der Waals surface area contributed by atoms with Crippen molar-refractivity contribution < 1.29 is 4.74 Å². The second-order valence-corrected chi connectivity index (χ2v) is 7.39. The van der Waals surface area contributed by atoms with Gasteiger partial charge in [0.05, 0.1) is 19.0 Å². The van der Waals surface area contributed by atoms with Crippen LogP contribution >= 0.6 is 0 Å². The van der Waals surface area contributed by atoms with Gasteiger partial charge in [-0.15, -0.1) is 0 Å². The molecule has 0 aliphatic heterocycles. The summed E-state index contributed by atoms with van der Waals surface area (Å²) in [6.45, 7) is 10.8. The molecule has 4 nitrogen and oxygen atoms in total. The Morgan fingerprint density at radius 3 is 2.62 bits per heavy atom. The number of methoxy groups -OCH3 is 1. The average Bonchev–Trinajstić information content (AvgIpc) is 2.88. The first kappa shape index (κ1) is 16.3. The zero-order valence-corrected chi connectivity index (χ0v) is 14.2. The molecule has 3 unspecified atom stereocenters. The van der Waals surface area contributed by atoms with Crippen LogP contribution in [0.4, 0.5) is 0 Å². The molecule has 0 amide bonds. The molecule has 2 rings (SSSR count). The molecule has 1 aliphatic rings. The summed E-state index contributed by atoms with van der Waals surface area (Å²) >= 11 is 0. The van der Waals surface area contributed by atoms with Crippen LogP contribution in [0.5, 0.6) is 5.75 Å². The fourth-order valence-corrected chi connectivity index (χ4v) is 3.80. The Balaban J connectivity index is 2.35. The van der Waals surface area contributed by atoms with Crippen LogP contribution in [-0.2, 0) is 6.54 Å². The van der Waals surface area contributed by atoms with E-state index in [0.717, 1.165) is 24.8 Å². The largest absolute Gasteiger partial charge is 0.493 e. The molecule has 1 aromatic heterocycles. The van der Waals surface area contributed by atoms with E-state index in [-0.39, 0.29) is 0 Å². The van der Waals surface area contributed by atoms with Crippen LogP contribution in [-0.4, -0.2) is 23.4 Å². The lowest BCUT2D eigenvalue weighted by atomic mass is 9.64. The summed E-state index contributed by atoms with van der Waals surface area (Å²) in [4.78, 5) is 0. The zero-order chi connectivity index (χ0) is 15.6. The fraction of sp³-hybridized carbons (Fsp3) is 0.824. The van der Waals surface area contributed by atoms with Gasteiger partial charge in [-0.3, -0.25) is 4.68 Å². The second kappa shape index (κ2) is 6.39. The summed E-state index contributed by atoms with van der Waals surface area (Å²) in [7, 11) is 1.74. The normalized spacial score (nSPS) is 26.9. The van der Waals surface area contributed by atoms with Gasteiger partial charge >= 0.3 is 0 Å². The minimum atomic E-state index is 0.349. The van der Waals surface area contributed by atoms with Gasteiger partial charge in [0.25, 0.3) is 0 Å². The van der Waals surface area contributed by atoms with Gasteiger partial charge in [0, 0.05) is 12.5 Å². The predicted molar refractivity (Wildman–Crippen MR) is 86.5 cm³/mol. The van der Waals surface area contributed by atoms with Crippen LogP contribution in [0, 0.1) is 17.3 Å². The van der Waals surface area contributed by atoms with E-state index in [0.29, 0.717) is 17.3 Å². The van der Waals surface area contributed by atoms with Crippen molar-refractivity contribution in [2.75, 3.05) is 13.7 Å². The molecule has 1 aromatic rings. The highest BCUT2D eigenvalue weighted by Gasteiger charge is 2.38. The summed E-state index contributed by atoms with van der Waals surface area (Å²) in [5.74, 6) is 2.66. The van der Waals surface area contributed by atoms with Gasteiger partial charge in [0.2, 0.25) is 0 Å². The van der Waals surface area contributed by atoms with Crippen LogP contribution in [0.3, 0.4) is 0 Å². The molecule has 2 N–H and O–H groups in total. The van der Waals surface area contributed by atoms with Crippen molar-refractivity contribution >= 4 is 0 Å². The zero-order valence-electron chi connectivity index (χ0n) is 14.2. The molecular formula is C17H31N3O. The number of rotatable bonds is 4. The minimum absolute atomic E-state index is 0.349. The lowest BCUT2D eigenvalue weighted by Gasteiger charge is -2.41. The third-order valence-corrected chi connectivity index (χ3v) is 5.24. The maximum atomic E-state index is 6.07. The average molecular weight is 293 g/mol. The number of aryl methyl sites for hydroxylation is 1. The third-order valence-electron chi connectivity index (χ3n) is 5.24. The molecule has 0 aromatic carbocycles. The van der Waals surface area contributed by atoms with E-state index in [2.05, 4.69) is 37.5 Å². The van der Waals surface area contributed by atoms with Crippen molar-refractivity contribution in [3.63, 3.8) is 0 Å². The van der Waals surface area contributed by atoms with Gasteiger partial charge < -0.3 is 10.5 Å². The van der Waals surface area contributed by atoms with E-state index >= 15 is 0 Å². The topological polar surface area (TPSA) is 53.1 Å². The molecule has 1 aliphatic carbocycles. The summed E-state index contributed by atoms with van der Waals surface area (Å²) in [5, 5.41) is 4.49. The van der Waals surface area contributed by atoms with Crippen molar-refractivity contribution in [1.29, 1.82) is 0 Å². The Labute approximate surface area is 129 Å². The van der Waals surface area contributed by atoms with Crippen molar-refractivity contribution in [3.8, 4) is 5.75 Å². The fourth-order valence-electron chi connectivity index (χ4n) is 3.80. The van der Waals surface area contributed by atoms with Crippen molar-refractivity contribution in [3.05, 3.63) is 11.9 Å². The van der Waals surface area contributed by atoms with E-state index in [9.17, 15) is 0 Å². The molecule has 21 heavy (non-hydrogen) atoms. The number of hydrogen-bond acceptors (Lipinski definition) is 3. The molecule has 0 spiro atoms. The SMILES string of the molecule is CCn1ncc(OC)c1C1CC(C(C)(C)C)CCC1CN. The van der Waals surface area contributed by atoms with Gasteiger partial charge in [0.1, 0.15) is 0 Å². The molecule has 120 valence electrons.